The molecule has 0 radical (unpaired) electrons. The van der Waals surface area contributed by atoms with E-state index in [2.05, 4.69) is 4.98 Å². The Balaban J connectivity index is 2.74. The number of carbonyl (C=O) groups is 1. The van der Waals surface area contributed by atoms with Crippen LogP contribution in [0, 0.1) is 0 Å². The van der Waals surface area contributed by atoms with Gasteiger partial charge in [0, 0.05) is 10.9 Å². The molecular formula is C10H9NO3S. The third kappa shape index (κ3) is 1.60. The third-order valence-corrected chi connectivity index (χ3v) is 3.10. The van der Waals surface area contributed by atoms with E-state index in [9.17, 15) is 9.00 Å². The molecular weight excluding hydrogens is 214 g/mol. The van der Waals surface area contributed by atoms with E-state index in [1.807, 2.05) is 18.2 Å². The molecule has 0 saturated heterocycles. The van der Waals surface area contributed by atoms with Crippen LogP contribution in [0.2, 0.25) is 0 Å². The number of aldehydes is 1. The number of H-pyrrole nitrogens is 1. The van der Waals surface area contributed by atoms with Gasteiger partial charge in [0.15, 0.2) is 6.29 Å². The third-order valence-electron chi connectivity index (χ3n) is 2.15. The monoisotopic (exact) mass is 223 g/mol. The van der Waals surface area contributed by atoms with Crippen LogP contribution in [0.5, 0.6) is 0 Å². The van der Waals surface area contributed by atoms with Gasteiger partial charge >= 0.3 is 0 Å². The highest BCUT2D eigenvalue weighted by atomic mass is 32.2. The Bertz CT molecular complexity index is 532. The molecule has 0 spiro atoms. The van der Waals surface area contributed by atoms with Crippen LogP contribution >= 0.6 is 0 Å². The van der Waals surface area contributed by atoms with Gasteiger partial charge in [-0.1, -0.05) is 18.2 Å². The van der Waals surface area contributed by atoms with Crippen molar-refractivity contribution in [3.63, 3.8) is 0 Å². The van der Waals surface area contributed by atoms with Gasteiger partial charge in [0.1, 0.15) is 5.03 Å². The summed E-state index contributed by atoms with van der Waals surface area (Å²) in [4.78, 5) is 13.8. The van der Waals surface area contributed by atoms with Crippen LogP contribution in [0.25, 0.3) is 10.9 Å². The summed E-state index contributed by atoms with van der Waals surface area (Å²) in [5, 5.41) is 1.07. The first-order valence-corrected chi connectivity index (χ1v) is 5.37. The molecule has 4 nitrogen and oxygen atoms in total. The Kier molecular flexibility index (Phi) is 2.66. The molecule has 0 amide bonds. The zero-order valence-corrected chi connectivity index (χ0v) is 8.84. The van der Waals surface area contributed by atoms with E-state index in [4.69, 9.17) is 4.18 Å². The van der Waals surface area contributed by atoms with E-state index in [1.54, 1.807) is 6.07 Å². The molecule has 2 rings (SSSR count). The maximum atomic E-state index is 11.5. The highest BCUT2D eigenvalue weighted by molar-refractivity contribution is 7.80. The molecule has 0 aliphatic carbocycles. The maximum absolute atomic E-state index is 11.5. The molecule has 1 aromatic carbocycles. The predicted molar refractivity (Wildman–Crippen MR) is 57.1 cm³/mol. The zero-order valence-electron chi connectivity index (χ0n) is 8.02. The standard InChI is InChI=1S/C10H9NO3S/c1-14-15(13)10-8(6-12)7-4-2-3-5-9(7)11-10/h2-6,11H,1H3. The summed E-state index contributed by atoms with van der Waals surface area (Å²) in [7, 11) is 1.33. The summed E-state index contributed by atoms with van der Waals surface area (Å²) in [5.74, 6) is 0. The number of hydrogen-bond acceptors (Lipinski definition) is 3. The Morgan fingerprint density at radius 1 is 1.40 bits per heavy atom. The van der Waals surface area contributed by atoms with Crippen molar-refractivity contribution in [3.05, 3.63) is 29.8 Å². The fraction of sp³-hybridized carbons (Fsp3) is 0.100. The minimum Gasteiger partial charge on any atom is -0.345 e. The second kappa shape index (κ2) is 3.96. The van der Waals surface area contributed by atoms with E-state index < -0.39 is 11.1 Å². The SMILES string of the molecule is COS(=O)c1[nH]c2ccccc2c1C=O. The zero-order chi connectivity index (χ0) is 10.8. The molecule has 1 N–H and O–H groups in total. The van der Waals surface area contributed by atoms with Gasteiger partial charge in [-0.05, 0) is 6.07 Å². The van der Waals surface area contributed by atoms with Crippen molar-refractivity contribution in [1.29, 1.82) is 0 Å². The van der Waals surface area contributed by atoms with Crippen LogP contribution in [-0.2, 0) is 15.3 Å². The first-order valence-electron chi connectivity index (χ1n) is 4.30. The molecule has 0 aliphatic rings. The lowest BCUT2D eigenvalue weighted by Gasteiger charge is -1.94. The molecule has 2 aromatic rings. The van der Waals surface area contributed by atoms with E-state index in [-0.39, 0.29) is 0 Å². The molecule has 0 bridgehead atoms. The second-order valence-corrected chi connectivity index (χ2v) is 4.14. The lowest BCUT2D eigenvalue weighted by molar-refractivity contribution is 0.112. The number of para-hydroxylation sites is 1. The van der Waals surface area contributed by atoms with Crippen LogP contribution in [-0.4, -0.2) is 22.6 Å². The van der Waals surface area contributed by atoms with Crippen molar-refractivity contribution in [3.8, 4) is 0 Å². The number of hydrogen-bond donors (Lipinski definition) is 1. The van der Waals surface area contributed by atoms with Crippen molar-refractivity contribution < 1.29 is 13.2 Å². The molecule has 1 unspecified atom stereocenters. The average Bonchev–Trinajstić information content (AvgIpc) is 2.66. The van der Waals surface area contributed by atoms with Crippen molar-refractivity contribution in [2.24, 2.45) is 0 Å². The van der Waals surface area contributed by atoms with E-state index in [0.29, 0.717) is 16.9 Å². The lowest BCUT2D eigenvalue weighted by atomic mass is 10.2. The van der Waals surface area contributed by atoms with Crippen LogP contribution in [0.4, 0.5) is 0 Å². The first-order chi connectivity index (χ1) is 7.27. The van der Waals surface area contributed by atoms with Crippen LogP contribution in [0.3, 0.4) is 0 Å². The number of aromatic amines is 1. The van der Waals surface area contributed by atoms with Crippen molar-refractivity contribution in [2.45, 2.75) is 5.03 Å². The topological polar surface area (TPSA) is 59.2 Å². The largest absolute Gasteiger partial charge is 0.345 e. The van der Waals surface area contributed by atoms with Gasteiger partial charge in [-0.2, -0.15) is 0 Å². The van der Waals surface area contributed by atoms with Crippen molar-refractivity contribution in [2.75, 3.05) is 7.11 Å². The minimum absolute atomic E-state index is 0.314. The fourth-order valence-electron chi connectivity index (χ4n) is 1.47. The number of benzene rings is 1. The fourth-order valence-corrected chi connectivity index (χ4v) is 2.17. The average molecular weight is 223 g/mol. The number of carbonyl (C=O) groups excluding carboxylic acids is 1. The molecule has 0 aliphatic heterocycles. The molecule has 1 heterocycles. The van der Waals surface area contributed by atoms with Crippen molar-refractivity contribution in [1.82, 2.24) is 4.98 Å². The number of nitrogens with one attached hydrogen (secondary N) is 1. The van der Waals surface area contributed by atoms with Crippen LogP contribution < -0.4 is 0 Å². The van der Waals surface area contributed by atoms with Gasteiger partial charge in [-0.15, -0.1) is 0 Å². The van der Waals surface area contributed by atoms with Gasteiger partial charge in [0.25, 0.3) is 0 Å². The Hall–Kier alpha value is -1.46. The highest BCUT2D eigenvalue weighted by Gasteiger charge is 2.15. The van der Waals surface area contributed by atoms with E-state index >= 15 is 0 Å². The van der Waals surface area contributed by atoms with E-state index in [0.717, 1.165) is 10.9 Å². The molecule has 0 saturated carbocycles. The van der Waals surface area contributed by atoms with Gasteiger partial charge in [-0.25, -0.2) is 4.21 Å². The van der Waals surface area contributed by atoms with E-state index in [1.165, 1.54) is 7.11 Å². The second-order valence-electron chi connectivity index (χ2n) is 2.93. The minimum atomic E-state index is -1.62. The Morgan fingerprint density at radius 3 is 2.80 bits per heavy atom. The van der Waals surface area contributed by atoms with Gasteiger partial charge < -0.3 is 4.98 Å². The quantitative estimate of drug-likeness (QED) is 0.805. The summed E-state index contributed by atoms with van der Waals surface area (Å²) < 4.78 is 16.2. The summed E-state index contributed by atoms with van der Waals surface area (Å²) in [6.07, 6.45) is 0.686. The number of fused-ring (bicyclic) bond motifs is 1. The van der Waals surface area contributed by atoms with Crippen LogP contribution in [0.1, 0.15) is 10.4 Å². The summed E-state index contributed by atoms with van der Waals surface area (Å²) >= 11 is -1.62. The smallest absolute Gasteiger partial charge is 0.206 e. The van der Waals surface area contributed by atoms with Gasteiger partial charge in [0.05, 0.1) is 12.7 Å². The van der Waals surface area contributed by atoms with Gasteiger partial charge in [-0.3, -0.25) is 8.98 Å². The molecule has 5 heteroatoms. The first kappa shape index (κ1) is 10.1. The number of rotatable bonds is 3. The Morgan fingerprint density at radius 2 is 2.13 bits per heavy atom. The molecule has 0 fully saturated rings. The molecule has 78 valence electrons. The molecule has 1 atom stereocenters. The van der Waals surface area contributed by atoms with Crippen LogP contribution in [0.15, 0.2) is 29.3 Å². The summed E-state index contributed by atoms with van der Waals surface area (Å²) in [6, 6.07) is 7.28. The lowest BCUT2D eigenvalue weighted by Crippen LogP contribution is -1.97. The number of aromatic nitrogens is 1. The predicted octanol–water partition coefficient (Wildman–Crippen LogP) is 1.65. The molecule has 15 heavy (non-hydrogen) atoms. The molecule has 1 aromatic heterocycles. The Labute approximate surface area is 88.9 Å². The highest BCUT2D eigenvalue weighted by Crippen LogP contribution is 2.23. The summed E-state index contributed by atoms with van der Waals surface area (Å²) in [6.45, 7) is 0. The normalized spacial score (nSPS) is 12.9. The summed E-state index contributed by atoms with van der Waals surface area (Å²) in [5.41, 5.74) is 1.17. The van der Waals surface area contributed by atoms with Crippen molar-refractivity contribution >= 4 is 28.3 Å². The van der Waals surface area contributed by atoms with Gasteiger partial charge in [0.2, 0.25) is 11.1 Å². The maximum Gasteiger partial charge on any atom is 0.206 e.